The number of unbranched alkanes of at least 4 members (excludes halogenated alkanes) is 1. The van der Waals surface area contributed by atoms with Gasteiger partial charge in [0.2, 0.25) is 5.91 Å². The third-order valence-electron chi connectivity index (χ3n) is 4.29. The first-order valence-electron chi connectivity index (χ1n) is 8.65. The van der Waals surface area contributed by atoms with Gasteiger partial charge in [0.05, 0.1) is 0 Å². The van der Waals surface area contributed by atoms with E-state index in [2.05, 4.69) is 48.5 Å². The summed E-state index contributed by atoms with van der Waals surface area (Å²) in [4.78, 5) is 17.1. The molecule has 1 fully saturated rings. The molecule has 0 saturated carbocycles. The van der Waals surface area contributed by atoms with Crippen molar-refractivity contribution in [3.8, 4) is 0 Å². The van der Waals surface area contributed by atoms with E-state index in [0.717, 1.165) is 51.1 Å². The molecule has 0 aromatic heterocycles. The first kappa shape index (κ1) is 17.7. The molecule has 0 aliphatic carbocycles. The minimum absolute atomic E-state index is 0.181. The zero-order valence-corrected chi connectivity index (χ0v) is 14.4. The number of hydrogen-bond acceptors (Lipinski definition) is 3. The minimum atomic E-state index is -0.181. The zero-order valence-electron chi connectivity index (χ0n) is 14.4. The first-order valence-corrected chi connectivity index (χ1v) is 8.65. The van der Waals surface area contributed by atoms with Gasteiger partial charge >= 0.3 is 0 Å². The van der Waals surface area contributed by atoms with Gasteiger partial charge in [-0.25, -0.2) is 0 Å². The Kier molecular flexibility index (Phi) is 7.30. The summed E-state index contributed by atoms with van der Waals surface area (Å²) >= 11 is 0. The number of piperazine rings is 1. The van der Waals surface area contributed by atoms with E-state index in [0.29, 0.717) is 0 Å². The summed E-state index contributed by atoms with van der Waals surface area (Å²) in [5.41, 5.74) is 1.13. The van der Waals surface area contributed by atoms with Crippen LogP contribution >= 0.6 is 0 Å². The van der Waals surface area contributed by atoms with E-state index in [1.807, 2.05) is 23.1 Å². The highest BCUT2D eigenvalue weighted by Crippen LogP contribution is 2.10. The fourth-order valence-electron chi connectivity index (χ4n) is 2.80. The Labute approximate surface area is 140 Å². The predicted octanol–water partition coefficient (Wildman–Crippen LogP) is 2.23. The van der Waals surface area contributed by atoms with Crippen LogP contribution in [-0.4, -0.2) is 61.5 Å². The lowest BCUT2D eigenvalue weighted by Gasteiger charge is -2.33. The second-order valence-corrected chi connectivity index (χ2v) is 6.12. The lowest BCUT2D eigenvalue weighted by atomic mass is 10.1. The average Bonchev–Trinajstić information content (AvgIpc) is 2.61. The quantitative estimate of drug-likeness (QED) is 0.838. The highest BCUT2D eigenvalue weighted by atomic mass is 16.2. The van der Waals surface area contributed by atoms with E-state index in [4.69, 9.17) is 0 Å². The van der Waals surface area contributed by atoms with Crippen LogP contribution in [0.3, 0.4) is 0 Å². The van der Waals surface area contributed by atoms with Crippen molar-refractivity contribution >= 4 is 12.0 Å². The maximum Gasteiger partial charge on any atom is 0.243 e. The summed E-state index contributed by atoms with van der Waals surface area (Å²) in [7, 11) is 2.05. The van der Waals surface area contributed by atoms with E-state index >= 15 is 0 Å². The van der Waals surface area contributed by atoms with Crippen LogP contribution in [0.2, 0.25) is 0 Å². The summed E-state index contributed by atoms with van der Waals surface area (Å²) < 4.78 is 0. The first-order chi connectivity index (χ1) is 11.2. The number of nitrogens with zero attached hydrogens (tertiary/aromatic N) is 2. The SMILES string of the molecule is CCCCN(C)C(/C=C\c1ccccc1)C(=O)N1CCNCC1. The van der Waals surface area contributed by atoms with Crippen LogP contribution in [-0.2, 0) is 4.79 Å². The standard InChI is InChI=1S/C19H29N3O/c1-3-4-14-21(2)18(11-10-17-8-6-5-7-9-17)19(23)22-15-12-20-13-16-22/h5-11,18,20H,3-4,12-16H2,1-2H3/b11-10-. The number of carbonyl (C=O) groups is 1. The highest BCUT2D eigenvalue weighted by Gasteiger charge is 2.26. The van der Waals surface area contributed by atoms with Crippen molar-refractivity contribution in [1.82, 2.24) is 15.1 Å². The van der Waals surface area contributed by atoms with E-state index in [1.54, 1.807) is 0 Å². The van der Waals surface area contributed by atoms with Crippen LogP contribution in [0, 0.1) is 0 Å². The number of nitrogens with one attached hydrogen (secondary N) is 1. The van der Waals surface area contributed by atoms with Gasteiger partial charge in [0.25, 0.3) is 0 Å². The lowest BCUT2D eigenvalue weighted by Crippen LogP contribution is -2.53. The summed E-state index contributed by atoms with van der Waals surface area (Å²) in [6, 6.07) is 10.00. The summed E-state index contributed by atoms with van der Waals surface area (Å²) in [5.74, 6) is 0.220. The third kappa shape index (κ3) is 5.48. The topological polar surface area (TPSA) is 35.6 Å². The van der Waals surface area contributed by atoms with Gasteiger partial charge in [-0.15, -0.1) is 0 Å². The number of benzene rings is 1. The molecule has 4 nitrogen and oxygen atoms in total. The van der Waals surface area contributed by atoms with E-state index in [1.165, 1.54) is 0 Å². The van der Waals surface area contributed by atoms with Gasteiger partial charge in [0.15, 0.2) is 0 Å². The van der Waals surface area contributed by atoms with Gasteiger partial charge in [-0.1, -0.05) is 55.8 Å². The molecular formula is C19H29N3O. The van der Waals surface area contributed by atoms with Crippen LogP contribution in [0.15, 0.2) is 36.4 Å². The lowest BCUT2D eigenvalue weighted by molar-refractivity contribution is -0.135. The Morgan fingerprint density at radius 2 is 2.00 bits per heavy atom. The number of amides is 1. The van der Waals surface area contributed by atoms with Crippen molar-refractivity contribution in [3.05, 3.63) is 42.0 Å². The summed E-state index contributed by atoms with van der Waals surface area (Å²) in [6.45, 7) is 6.50. The van der Waals surface area contributed by atoms with E-state index in [9.17, 15) is 4.79 Å². The van der Waals surface area contributed by atoms with Crippen LogP contribution in [0.4, 0.5) is 0 Å². The van der Waals surface area contributed by atoms with Crippen LogP contribution in [0.1, 0.15) is 25.3 Å². The van der Waals surface area contributed by atoms with Gasteiger partial charge in [0.1, 0.15) is 6.04 Å². The largest absolute Gasteiger partial charge is 0.339 e. The number of likely N-dealkylation sites (N-methyl/N-ethyl adjacent to an activating group) is 1. The second kappa shape index (κ2) is 9.48. The minimum Gasteiger partial charge on any atom is -0.339 e. The Bertz CT molecular complexity index is 495. The molecule has 1 aliphatic heterocycles. The van der Waals surface area contributed by atoms with E-state index < -0.39 is 0 Å². The normalized spacial score (nSPS) is 16.9. The Morgan fingerprint density at radius 1 is 1.30 bits per heavy atom. The molecular weight excluding hydrogens is 286 g/mol. The van der Waals surface area contributed by atoms with Gasteiger partial charge in [-0.2, -0.15) is 0 Å². The molecule has 0 spiro atoms. The monoisotopic (exact) mass is 315 g/mol. The van der Waals surface area contributed by atoms with Crippen molar-refractivity contribution in [2.24, 2.45) is 0 Å². The molecule has 1 aromatic carbocycles. The number of hydrogen-bond donors (Lipinski definition) is 1. The molecule has 1 saturated heterocycles. The highest BCUT2D eigenvalue weighted by molar-refractivity contribution is 5.85. The number of rotatable bonds is 7. The van der Waals surface area contributed by atoms with Gasteiger partial charge in [-0.3, -0.25) is 9.69 Å². The molecule has 1 atom stereocenters. The van der Waals surface area contributed by atoms with Crippen LogP contribution in [0.25, 0.3) is 6.08 Å². The molecule has 1 aromatic rings. The summed E-state index contributed by atoms with van der Waals surface area (Å²) in [6.07, 6.45) is 6.37. The van der Waals surface area contributed by atoms with Crippen molar-refractivity contribution in [2.75, 3.05) is 39.8 Å². The molecule has 1 N–H and O–H groups in total. The Balaban J connectivity index is 2.10. The molecule has 2 rings (SSSR count). The third-order valence-corrected chi connectivity index (χ3v) is 4.29. The molecule has 1 amide bonds. The van der Waals surface area contributed by atoms with Crippen LogP contribution in [0.5, 0.6) is 0 Å². The predicted molar refractivity (Wildman–Crippen MR) is 96.3 cm³/mol. The zero-order chi connectivity index (χ0) is 16.5. The molecule has 0 radical (unpaired) electrons. The van der Waals surface area contributed by atoms with Crippen molar-refractivity contribution in [2.45, 2.75) is 25.8 Å². The summed E-state index contributed by atoms with van der Waals surface area (Å²) in [5, 5.41) is 3.30. The fraction of sp³-hybridized carbons (Fsp3) is 0.526. The maximum absolute atomic E-state index is 12.9. The molecule has 1 aliphatic rings. The van der Waals surface area contributed by atoms with Crippen LogP contribution < -0.4 is 5.32 Å². The molecule has 23 heavy (non-hydrogen) atoms. The van der Waals surface area contributed by atoms with Crippen molar-refractivity contribution < 1.29 is 4.79 Å². The van der Waals surface area contributed by atoms with Gasteiger partial charge in [-0.05, 0) is 25.6 Å². The maximum atomic E-state index is 12.9. The molecule has 1 heterocycles. The molecule has 0 bridgehead atoms. The van der Waals surface area contributed by atoms with Crippen molar-refractivity contribution in [3.63, 3.8) is 0 Å². The van der Waals surface area contributed by atoms with Gasteiger partial charge < -0.3 is 10.2 Å². The van der Waals surface area contributed by atoms with Gasteiger partial charge in [0, 0.05) is 26.2 Å². The Hall–Kier alpha value is -1.65. The fourth-order valence-corrected chi connectivity index (χ4v) is 2.80. The number of carbonyl (C=O) groups excluding carboxylic acids is 1. The second-order valence-electron chi connectivity index (χ2n) is 6.12. The molecule has 1 unspecified atom stereocenters. The smallest absolute Gasteiger partial charge is 0.243 e. The molecule has 4 heteroatoms. The van der Waals surface area contributed by atoms with Crippen molar-refractivity contribution in [1.29, 1.82) is 0 Å². The average molecular weight is 315 g/mol. The van der Waals surface area contributed by atoms with E-state index in [-0.39, 0.29) is 11.9 Å². The molecule has 126 valence electrons. The Morgan fingerprint density at radius 3 is 2.65 bits per heavy atom.